The second-order valence-corrected chi connectivity index (χ2v) is 4.39. The summed E-state index contributed by atoms with van der Waals surface area (Å²) >= 11 is 0. The van der Waals surface area contributed by atoms with E-state index in [1.807, 2.05) is 0 Å². The highest BCUT2D eigenvalue weighted by atomic mass is 14.3. The van der Waals surface area contributed by atoms with Gasteiger partial charge in [-0.05, 0) is 24.2 Å². The largest absolute Gasteiger partial charge is 0.0845 e. The van der Waals surface area contributed by atoms with Gasteiger partial charge in [0.1, 0.15) is 0 Å². The third kappa shape index (κ3) is 1.42. The van der Waals surface area contributed by atoms with Gasteiger partial charge in [-0.15, -0.1) is 0 Å². The van der Waals surface area contributed by atoms with Crippen LogP contribution in [0.5, 0.6) is 0 Å². The van der Waals surface area contributed by atoms with Crippen molar-refractivity contribution < 1.29 is 0 Å². The molecule has 0 heterocycles. The van der Waals surface area contributed by atoms with E-state index in [0.717, 1.165) is 5.92 Å². The van der Waals surface area contributed by atoms with Crippen molar-refractivity contribution in [3.8, 4) is 0 Å². The van der Waals surface area contributed by atoms with E-state index < -0.39 is 0 Å². The Bertz CT molecular complexity index is 146. The van der Waals surface area contributed by atoms with Gasteiger partial charge < -0.3 is 0 Å². The average Bonchev–Trinajstić information content (AvgIpc) is 2.11. The molecule has 0 aromatic carbocycles. The molecular weight excluding hydrogens is 120 g/mol. The molecule has 0 aliphatic heterocycles. The Morgan fingerprint density at radius 2 is 2.00 bits per heavy atom. The van der Waals surface area contributed by atoms with Gasteiger partial charge in [0.25, 0.3) is 0 Å². The van der Waals surface area contributed by atoms with Crippen molar-refractivity contribution in [2.45, 2.75) is 40.5 Å². The monoisotopic (exact) mass is 138 g/mol. The first kappa shape index (κ1) is 7.84. The van der Waals surface area contributed by atoms with Crippen molar-refractivity contribution in [2.24, 2.45) is 11.3 Å². The molecule has 1 aliphatic rings. The lowest BCUT2D eigenvalue weighted by Gasteiger charge is -2.24. The second-order valence-electron chi connectivity index (χ2n) is 4.39. The first-order valence-electron chi connectivity index (χ1n) is 4.22. The third-order valence-electron chi connectivity index (χ3n) is 2.36. The standard InChI is InChI=1S/C10H18/c1-8-6-5-7-9(8)10(2,3)4/h7-8H,5-6H2,1-4H3. The second kappa shape index (κ2) is 2.41. The predicted octanol–water partition coefficient (Wildman–Crippen LogP) is 3.39. The van der Waals surface area contributed by atoms with E-state index in [0.29, 0.717) is 5.41 Å². The molecule has 0 aromatic rings. The summed E-state index contributed by atoms with van der Waals surface area (Å²) in [5.41, 5.74) is 2.07. The van der Waals surface area contributed by atoms with Crippen LogP contribution in [-0.4, -0.2) is 0 Å². The van der Waals surface area contributed by atoms with Crippen LogP contribution in [0.3, 0.4) is 0 Å². The molecule has 58 valence electrons. The lowest BCUT2D eigenvalue weighted by molar-refractivity contribution is 0.444. The summed E-state index contributed by atoms with van der Waals surface area (Å²) in [6, 6.07) is 0. The fourth-order valence-electron chi connectivity index (χ4n) is 1.89. The molecule has 0 saturated heterocycles. The Kier molecular flexibility index (Phi) is 1.89. The molecule has 0 amide bonds. The van der Waals surface area contributed by atoms with Gasteiger partial charge in [-0.3, -0.25) is 0 Å². The Labute approximate surface area is 64.3 Å². The number of hydrogen-bond acceptors (Lipinski definition) is 0. The lowest BCUT2D eigenvalue weighted by atomic mass is 9.81. The van der Waals surface area contributed by atoms with E-state index in [1.165, 1.54) is 12.8 Å². The van der Waals surface area contributed by atoms with Crippen molar-refractivity contribution in [3.05, 3.63) is 11.6 Å². The van der Waals surface area contributed by atoms with Gasteiger partial charge in [-0.2, -0.15) is 0 Å². The Morgan fingerprint density at radius 3 is 2.20 bits per heavy atom. The highest BCUT2D eigenvalue weighted by Crippen LogP contribution is 2.37. The zero-order chi connectivity index (χ0) is 7.78. The maximum absolute atomic E-state index is 2.42. The van der Waals surface area contributed by atoms with Gasteiger partial charge in [0, 0.05) is 0 Å². The summed E-state index contributed by atoms with van der Waals surface area (Å²) in [6.07, 6.45) is 5.09. The van der Waals surface area contributed by atoms with Crippen molar-refractivity contribution in [1.82, 2.24) is 0 Å². The molecule has 1 aliphatic carbocycles. The van der Waals surface area contributed by atoms with Crippen molar-refractivity contribution in [1.29, 1.82) is 0 Å². The van der Waals surface area contributed by atoms with E-state index in [-0.39, 0.29) is 0 Å². The zero-order valence-electron chi connectivity index (χ0n) is 7.57. The minimum atomic E-state index is 0.413. The van der Waals surface area contributed by atoms with Crippen LogP contribution >= 0.6 is 0 Å². The zero-order valence-corrected chi connectivity index (χ0v) is 7.57. The number of rotatable bonds is 0. The van der Waals surface area contributed by atoms with Gasteiger partial charge in [-0.25, -0.2) is 0 Å². The molecule has 0 nitrogen and oxygen atoms in total. The maximum Gasteiger partial charge on any atom is -0.0170 e. The molecule has 0 aromatic heterocycles. The van der Waals surface area contributed by atoms with Crippen LogP contribution in [0.1, 0.15) is 40.5 Å². The fourth-order valence-corrected chi connectivity index (χ4v) is 1.89. The van der Waals surface area contributed by atoms with Gasteiger partial charge in [-0.1, -0.05) is 39.3 Å². The SMILES string of the molecule is CC1CCC=C1C(C)(C)C. The first-order valence-corrected chi connectivity index (χ1v) is 4.22. The van der Waals surface area contributed by atoms with E-state index in [9.17, 15) is 0 Å². The molecule has 1 unspecified atom stereocenters. The van der Waals surface area contributed by atoms with Crippen LogP contribution in [0.25, 0.3) is 0 Å². The Balaban J connectivity index is 2.72. The van der Waals surface area contributed by atoms with E-state index in [1.54, 1.807) is 5.57 Å². The topological polar surface area (TPSA) is 0 Å². The third-order valence-corrected chi connectivity index (χ3v) is 2.36. The summed E-state index contributed by atoms with van der Waals surface area (Å²) in [7, 11) is 0. The van der Waals surface area contributed by atoms with Crippen LogP contribution < -0.4 is 0 Å². The van der Waals surface area contributed by atoms with Crippen molar-refractivity contribution in [2.75, 3.05) is 0 Å². The molecule has 0 heteroatoms. The van der Waals surface area contributed by atoms with Crippen LogP contribution in [0.15, 0.2) is 11.6 Å². The summed E-state index contributed by atoms with van der Waals surface area (Å²) in [4.78, 5) is 0. The van der Waals surface area contributed by atoms with Gasteiger partial charge in [0.2, 0.25) is 0 Å². The van der Waals surface area contributed by atoms with Crippen LogP contribution in [0.2, 0.25) is 0 Å². The molecule has 0 bridgehead atoms. The summed E-state index contributed by atoms with van der Waals surface area (Å²) in [6.45, 7) is 9.26. The molecule has 1 atom stereocenters. The van der Waals surface area contributed by atoms with Crippen molar-refractivity contribution >= 4 is 0 Å². The van der Waals surface area contributed by atoms with Crippen LogP contribution in [-0.2, 0) is 0 Å². The minimum Gasteiger partial charge on any atom is -0.0845 e. The normalized spacial score (nSPS) is 26.8. The molecular formula is C10H18. The van der Waals surface area contributed by atoms with Crippen LogP contribution in [0.4, 0.5) is 0 Å². The summed E-state index contributed by atoms with van der Waals surface area (Å²) in [5, 5.41) is 0. The highest BCUT2D eigenvalue weighted by Gasteiger charge is 2.24. The van der Waals surface area contributed by atoms with E-state index >= 15 is 0 Å². The van der Waals surface area contributed by atoms with E-state index in [4.69, 9.17) is 0 Å². The Hall–Kier alpha value is -0.260. The fraction of sp³-hybridized carbons (Fsp3) is 0.800. The lowest BCUT2D eigenvalue weighted by Crippen LogP contribution is -2.12. The molecule has 0 saturated carbocycles. The van der Waals surface area contributed by atoms with Gasteiger partial charge >= 0.3 is 0 Å². The van der Waals surface area contributed by atoms with E-state index in [2.05, 4.69) is 33.8 Å². The number of hydrogen-bond donors (Lipinski definition) is 0. The first-order chi connectivity index (χ1) is 4.52. The highest BCUT2D eigenvalue weighted by molar-refractivity contribution is 5.18. The number of allylic oxidation sites excluding steroid dienone is 2. The molecule has 0 spiro atoms. The molecule has 0 N–H and O–H groups in total. The predicted molar refractivity (Wildman–Crippen MR) is 45.9 cm³/mol. The average molecular weight is 138 g/mol. The molecule has 1 rings (SSSR count). The van der Waals surface area contributed by atoms with Crippen molar-refractivity contribution in [3.63, 3.8) is 0 Å². The molecule has 0 radical (unpaired) electrons. The summed E-state index contributed by atoms with van der Waals surface area (Å²) in [5.74, 6) is 0.833. The maximum atomic E-state index is 2.42. The molecule has 10 heavy (non-hydrogen) atoms. The Morgan fingerprint density at radius 1 is 1.40 bits per heavy atom. The smallest absolute Gasteiger partial charge is 0.0170 e. The molecule has 0 fully saturated rings. The van der Waals surface area contributed by atoms with Crippen LogP contribution in [0, 0.1) is 11.3 Å². The minimum absolute atomic E-state index is 0.413. The quantitative estimate of drug-likeness (QED) is 0.450. The van der Waals surface area contributed by atoms with Gasteiger partial charge in [0.05, 0.1) is 0 Å². The summed E-state index contributed by atoms with van der Waals surface area (Å²) < 4.78 is 0. The van der Waals surface area contributed by atoms with Gasteiger partial charge in [0.15, 0.2) is 0 Å².